The van der Waals surface area contributed by atoms with Crippen LogP contribution in [-0.2, 0) is 11.2 Å². The zero-order valence-electron chi connectivity index (χ0n) is 10.4. The van der Waals surface area contributed by atoms with Gasteiger partial charge in [-0.1, -0.05) is 30.3 Å². The molecule has 2 unspecified atom stereocenters. The lowest BCUT2D eigenvalue weighted by Gasteiger charge is -2.11. The Labute approximate surface area is 110 Å². The smallest absolute Gasteiger partial charge is 0.353 e. The predicted octanol–water partition coefficient (Wildman–Crippen LogP) is 3.08. The summed E-state index contributed by atoms with van der Waals surface area (Å²) in [5.74, 6) is -0.336. The molecule has 1 heterocycles. The van der Waals surface area contributed by atoms with Gasteiger partial charge in [-0.25, -0.2) is 0 Å². The molecule has 1 saturated heterocycles. The summed E-state index contributed by atoms with van der Waals surface area (Å²) >= 11 is 0. The van der Waals surface area contributed by atoms with Gasteiger partial charge in [-0.05, 0) is 24.8 Å². The summed E-state index contributed by atoms with van der Waals surface area (Å²) in [4.78, 5) is 11.7. The van der Waals surface area contributed by atoms with E-state index in [0.29, 0.717) is 12.8 Å². The number of carbonyl (C=O) groups excluding carboxylic acids is 1. The standard InChI is InChI=1S/C14H16F3NO/c15-14(16,17)7-6-12-9-11(13(19)18-12)8-10-4-2-1-3-5-10/h1-5,11-12H,6-9H2,(H,18,19). The number of nitrogens with one attached hydrogen (secondary N) is 1. The van der Waals surface area contributed by atoms with E-state index in [2.05, 4.69) is 5.32 Å². The van der Waals surface area contributed by atoms with Crippen LogP contribution in [0.5, 0.6) is 0 Å². The van der Waals surface area contributed by atoms with Crippen molar-refractivity contribution < 1.29 is 18.0 Å². The van der Waals surface area contributed by atoms with Crippen molar-refractivity contribution in [3.63, 3.8) is 0 Å². The van der Waals surface area contributed by atoms with E-state index in [-0.39, 0.29) is 24.3 Å². The largest absolute Gasteiger partial charge is 0.389 e. The van der Waals surface area contributed by atoms with Crippen LogP contribution in [0.25, 0.3) is 0 Å². The third-order valence-electron chi connectivity index (χ3n) is 3.39. The van der Waals surface area contributed by atoms with Crippen molar-refractivity contribution in [1.29, 1.82) is 0 Å². The number of hydrogen-bond acceptors (Lipinski definition) is 1. The highest BCUT2D eigenvalue weighted by atomic mass is 19.4. The molecular formula is C14H16F3NO. The molecule has 5 heteroatoms. The van der Waals surface area contributed by atoms with Crippen molar-refractivity contribution in [3.8, 4) is 0 Å². The molecule has 19 heavy (non-hydrogen) atoms. The number of alkyl halides is 3. The molecule has 1 amide bonds. The highest BCUT2D eigenvalue weighted by Crippen LogP contribution is 2.27. The van der Waals surface area contributed by atoms with Gasteiger partial charge in [0.05, 0.1) is 0 Å². The van der Waals surface area contributed by atoms with E-state index in [9.17, 15) is 18.0 Å². The van der Waals surface area contributed by atoms with Crippen LogP contribution in [0.1, 0.15) is 24.8 Å². The zero-order valence-corrected chi connectivity index (χ0v) is 10.4. The molecule has 1 aliphatic rings. The zero-order chi connectivity index (χ0) is 13.9. The third-order valence-corrected chi connectivity index (χ3v) is 3.39. The van der Waals surface area contributed by atoms with Gasteiger partial charge in [-0.15, -0.1) is 0 Å². The van der Waals surface area contributed by atoms with Crippen molar-refractivity contribution >= 4 is 5.91 Å². The fourth-order valence-corrected chi connectivity index (χ4v) is 2.43. The van der Waals surface area contributed by atoms with Crippen LogP contribution >= 0.6 is 0 Å². The first-order chi connectivity index (χ1) is 8.94. The van der Waals surface area contributed by atoms with Gasteiger partial charge in [0.1, 0.15) is 0 Å². The minimum atomic E-state index is -4.15. The number of amides is 1. The highest BCUT2D eigenvalue weighted by Gasteiger charge is 2.35. The van der Waals surface area contributed by atoms with E-state index >= 15 is 0 Å². The van der Waals surface area contributed by atoms with Crippen molar-refractivity contribution in [1.82, 2.24) is 5.32 Å². The van der Waals surface area contributed by atoms with Crippen molar-refractivity contribution in [2.24, 2.45) is 5.92 Å². The molecule has 0 aromatic heterocycles. The summed E-state index contributed by atoms with van der Waals surface area (Å²) in [5, 5.41) is 2.66. The topological polar surface area (TPSA) is 29.1 Å². The summed E-state index contributed by atoms with van der Waals surface area (Å²) in [6.45, 7) is 0. The number of halogens is 3. The second kappa shape index (κ2) is 5.63. The van der Waals surface area contributed by atoms with Gasteiger partial charge in [0.25, 0.3) is 0 Å². The quantitative estimate of drug-likeness (QED) is 0.896. The molecule has 1 fully saturated rings. The van der Waals surface area contributed by atoms with E-state index in [1.54, 1.807) is 0 Å². The van der Waals surface area contributed by atoms with Gasteiger partial charge < -0.3 is 5.32 Å². The first kappa shape index (κ1) is 13.9. The molecule has 1 aromatic carbocycles. The predicted molar refractivity (Wildman–Crippen MR) is 65.5 cm³/mol. The lowest BCUT2D eigenvalue weighted by Crippen LogP contribution is -2.27. The fourth-order valence-electron chi connectivity index (χ4n) is 2.43. The lowest BCUT2D eigenvalue weighted by molar-refractivity contribution is -0.137. The molecule has 2 rings (SSSR count). The van der Waals surface area contributed by atoms with Crippen molar-refractivity contribution in [2.75, 3.05) is 0 Å². The maximum Gasteiger partial charge on any atom is 0.389 e. The molecule has 1 aromatic rings. The summed E-state index contributed by atoms with van der Waals surface area (Å²) in [7, 11) is 0. The second-order valence-corrected chi connectivity index (χ2v) is 4.98. The second-order valence-electron chi connectivity index (χ2n) is 4.98. The van der Waals surface area contributed by atoms with Gasteiger partial charge in [0.15, 0.2) is 0 Å². The maximum atomic E-state index is 12.1. The van der Waals surface area contributed by atoms with E-state index in [4.69, 9.17) is 0 Å². The number of rotatable bonds is 4. The van der Waals surface area contributed by atoms with Gasteiger partial charge >= 0.3 is 6.18 Å². The number of hydrogen-bond donors (Lipinski definition) is 1. The number of carbonyl (C=O) groups is 1. The molecule has 1 aliphatic heterocycles. The number of benzene rings is 1. The lowest BCUT2D eigenvalue weighted by atomic mass is 9.95. The van der Waals surface area contributed by atoms with Crippen LogP contribution in [0, 0.1) is 5.92 Å². The molecule has 1 N–H and O–H groups in total. The monoisotopic (exact) mass is 271 g/mol. The van der Waals surface area contributed by atoms with E-state index in [0.717, 1.165) is 5.56 Å². The minimum absolute atomic E-state index is 0.0273. The Morgan fingerprint density at radius 2 is 1.89 bits per heavy atom. The first-order valence-corrected chi connectivity index (χ1v) is 6.35. The summed E-state index contributed by atoms with van der Waals surface area (Å²) in [6, 6.07) is 9.19. The van der Waals surface area contributed by atoms with Crippen molar-refractivity contribution in [3.05, 3.63) is 35.9 Å². The molecule has 2 nitrogen and oxygen atoms in total. The SMILES string of the molecule is O=C1NC(CCC(F)(F)F)CC1Cc1ccccc1. The van der Waals surface area contributed by atoms with Crippen LogP contribution in [0.4, 0.5) is 13.2 Å². The Balaban J connectivity index is 1.86. The van der Waals surface area contributed by atoms with Crippen LogP contribution in [0.2, 0.25) is 0 Å². The average molecular weight is 271 g/mol. The summed E-state index contributed by atoms with van der Waals surface area (Å²) in [6.07, 6.45) is -3.93. The Morgan fingerprint density at radius 1 is 1.21 bits per heavy atom. The molecule has 0 radical (unpaired) electrons. The minimum Gasteiger partial charge on any atom is -0.353 e. The van der Waals surface area contributed by atoms with Gasteiger partial charge in [0, 0.05) is 18.4 Å². The van der Waals surface area contributed by atoms with Crippen LogP contribution < -0.4 is 5.32 Å². The molecular weight excluding hydrogens is 255 g/mol. The van der Waals surface area contributed by atoms with Crippen LogP contribution in [-0.4, -0.2) is 18.1 Å². The Morgan fingerprint density at radius 3 is 2.53 bits per heavy atom. The van der Waals surface area contributed by atoms with E-state index in [1.807, 2.05) is 30.3 Å². The molecule has 104 valence electrons. The maximum absolute atomic E-state index is 12.1. The summed E-state index contributed by atoms with van der Waals surface area (Å²) < 4.78 is 36.4. The van der Waals surface area contributed by atoms with Gasteiger partial charge in [-0.2, -0.15) is 13.2 Å². The highest BCUT2D eigenvalue weighted by molar-refractivity contribution is 5.81. The van der Waals surface area contributed by atoms with Crippen molar-refractivity contribution in [2.45, 2.75) is 37.9 Å². The van der Waals surface area contributed by atoms with Crippen LogP contribution in [0.15, 0.2) is 30.3 Å². The normalized spacial score (nSPS) is 23.4. The molecule has 0 bridgehead atoms. The molecule has 0 aliphatic carbocycles. The Kier molecular flexibility index (Phi) is 4.12. The van der Waals surface area contributed by atoms with Gasteiger partial charge in [-0.3, -0.25) is 4.79 Å². The van der Waals surface area contributed by atoms with Gasteiger partial charge in [0.2, 0.25) is 5.91 Å². The Hall–Kier alpha value is -1.52. The molecule has 2 atom stereocenters. The summed E-state index contributed by atoms with van der Waals surface area (Å²) in [5.41, 5.74) is 1.04. The Bertz CT molecular complexity index is 430. The van der Waals surface area contributed by atoms with E-state index < -0.39 is 12.6 Å². The van der Waals surface area contributed by atoms with Crippen LogP contribution in [0.3, 0.4) is 0 Å². The fraction of sp³-hybridized carbons (Fsp3) is 0.500. The molecule has 0 spiro atoms. The third kappa shape index (κ3) is 4.26. The molecule has 0 saturated carbocycles. The average Bonchev–Trinajstić information content (AvgIpc) is 2.68. The first-order valence-electron chi connectivity index (χ1n) is 6.35. The van der Waals surface area contributed by atoms with E-state index in [1.165, 1.54) is 0 Å².